The van der Waals surface area contributed by atoms with Gasteiger partial charge in [0.15, 0.2) is 0 Å². The summed E-state index contributed by atoms with van der Waals surface area (Å²) in [4.78, 5) is 22.2. The average Bonchev–Trinajstić information content (AvgIpc) is 3.51. The maximum Gasteiger partial charge on any atom is 0.490 e. The quantitative estimate of drug-likeness (QED) is 0.345. The number of fused-ring (bicyclic) bond motifs is 1. The minimum Gasteiger partial charge on any atom is -0.475 e. The SMILES string of the molecule is Cc1ncn(-c2ccc(Nc3ncc4cccc(-c5ccn[nH]5)c4n3)cc2)n1.O=C(O)C(F)(F)F. The number of H-pyrrole nitrogens is 1. The fourth-order valence-corrected chi connectivity index (χ4v) is 3.04. The largest absolute Gasteiger partial charge is 0.490 e. The summed E-state index contributed by atoms with van der Waals surface area (Å²) in [6, 6.07) is 15.8. The third-order valence-electron chi connectivity index (χ3n) is 4.64. The maximum atomic E-state index is 10.6. The number of rotatable bonds is 4. The monoisotopic (exact) mass is 482 g/mol. The lowest BCUT2D eigenvalue weighted by molar-refractivity contribution is -0.192. The van der Waals surface area contributed by atoms with Crippen molar-refractivity contribution in [1.82, 2.24) is 34.9 Å². The number of anilines is 2. The molecule has 178 valence electrons. The van der Waals surface area contributed by atoms with E-state index >= 15 is 0 Å². The van der Waals surface area contributed by atoms with Crippen LogP contribution in [0.15, 0.2) is 67.3 Å². The third-order valence-corrected chi connectivity index (χ3v) is 4.64. The van der Waals surface area contributed by atoms with Crippen LogP contribution in [0.4, 0.5) is 24.8 Å². The lowest BCUT2D eigenvalue weighted by Crippen LogP contribution is -2.21. The zero-order valence-corrected chi connectivity index (χ0v) is 18.0. The summed E-state index contributed by atoms with van der Waals surface area (Å²) >= 11 is 0. The van der Waals surface area contributed by atoms with E-state index in [4.69, 9.17) is 14.9 Å². The van der Waals surface area contributed by atoms with Gasteiger partial charge < -0.3 is 10.4 Å². The van der Waals surface area contributed by atoms with E-state index < -0.39 is 12.1 Å². The molecule has 0 unspecified atom stereocenters. The molecule has 0 aliphatic carbocycles. The molecule has 0 atom stereocenters. The highest BCUT2D eigenvalue weighted by molar-refractivity contribution is 5.92. The van der Waals surface area contributed by atoms with Crippen molar-refractivity contribution in [3.05, 3.63) is 73.1 Å². The lowest BCUT2D eigenvalue weighted by atomic mass is 10.1. The molecule has 0 saturated heterocycles. The molecular weight excluding hydrogens is 465 g/mol. The van der Waals surface area contributed by atoms with Gasteiger partial charge in [0.1, 0.15) is 12.2 Å². The zero-order chi connectivity index (χ0) is 25.0. The van der Waals surface area contributed by atoms with Gasteiger partial charge in [-0.3, -0.25) is 5.10 Å². The van der Waals surface area contributed by atoms with Crippen LogP contribution in [-0.2, 0) is 4.79 Å². The van der Waals surface area contributed by atoms with Crippen LogP contribution in [0.25, 0.3) is 27.8 Å². The maximum absolute atomic E-state index is 10.6. The number of alkyl halides is 3. The molecule has 0 spiro atoms. The Bertz CT molecular complexity index is 1450. The van der Waals surface area contributed by atoms with Crippen LogP contribution in [0.1, 0.15) is 5.82 Å². The predicted molar refractivity (Wildman–Crippen MR) is 120 cm³/mol. The first-order valence-corrected chi connectivity index (χ1v) is 10.0. The molecule has 0 radical (unpaired) electrons. The number of aryl methyl sites for hydroxylation is 1. The summed E-state index contributed by atoms with van der Waals surface area (Å²) in [5.41, 5.74) is 4.59. The topological polar surface area (TPSA) is 134 Å². The van der Waals surface area contributed by atoms with Gasteiger partial charge in [-0.05, 0) is 37.3 Å². The Morgan fingerprint density at radius 3 is 2.43 bits per heavy atom. The standard InChI is InChI=1S/C20H16N8.C2HF3O2/c1-13-22-12-28(27-13)16-7-5-15(6-8-16)24-20-21-11-14-3-2-4-17(19(14)25-20)18-9-10-23-26-18;3-2(4,5)1(6)7/h2-12H,1H3,(H,23,26)(H,21,24,25);(H,6,7). The van der Waals surface area contributed by atoms with Gasteiger partial charge in [-0.1, -0.05) is 18.2 Å². The van der Waals surface area contributed by atoms with Crippen molar-refractivity contribution in [1.29, 1.82) is 0 Å². The molecule has 0 bridgehead atoms. The Labute approximate surface area is 195 Å². The number of carbonyl (C=O) groups is 1. The number of hydrogen-bond acceptors (Lipinski definition) is 7. The molecular formula is C22H17F3N8O2. The predicted octanol–water partition coefficient (Wildman–Crippen LogP) is 4.29. The molecule has 35 heavy (non-hydrogen) atoms. The van der Waals surface area contributed by atoms with E-state index in [9.17, 15) is 13.2 Å². The van der Waals surface area contributed by atoms with Gasteiger partial charge >= 0.3 is 12.1 Å². The minimum absolute atomic E-state index is 0.531. The molecule has 5 aromatic rings. The van der Waals surface area contributed by atoms with Crippen LogP contribution < -0.4 is 5.32 Å². The second kappa shape index (κ2) is 9.59. The number of aromatic amines is 1. The molecule has 13 heteroatoms. The van der Waals surface area contributed by atoms with Gasteiger partial charge in [-0.2, -0.15) is 23.4 Å². The van der Waals surface area contributed by atoms with Crippen molar-refractivity contribution in [3.63, 3.8) is 0 Å². The number of aromatic nitrogens is 7. The van der Waals surface area contributed by atoms with Crippen LogP contribution in [0.2, 0.25) is 0 Å². The number of benzene rings is 2. The summed E-state index contributed by atoms with van der Waals surface area (Å²) in [5, 5.41) is 22.7. The molecule has 0 aliphatic heterocycles. The fourth-order valence-electron chi connectivity index (χ4n) is 3.04. The van der Waals surface area contributed by atoms with Crippen LogP contribution in [-0.4, -0.2) is 52.2 Å². The Balaban J connectivity index is 0.000000364. The van der Waals surface area contributed by atoms with Gasteiger partial charge in [0, 0.05) is 29.0 Å². The first-order chi connectivity index (χ1) is 16.7. The van der Waals surface area contributed by atoms with E-state index in [2.05, 4.69) is 30.6 Å². The van der Waals surface area contributed by atoms with Crippen LogP contribution in [0.5, 0.6) is 0 Å². The molecule has 0 aliphatic rings. The number of carboxylic acid groups (broad SMARTS) is 1. The molecule has 2 aromatic carbocycles. The van der Waals surface area contributed by atoms with Gasteiger partial charge in [0.2, 0.25) is 5.95 Å². The highest BCUT2D eigenvalue weighted by atomic mass is 19.4. The number of hydrogen-bond donors (Lipinski definition) is 3. The van der Waals surface area contributed by atoms with Crippen molar-refractivity contribution in [2.45, 2.75) is 13.1 Å². The smallest absolute Gasteiger partial charge is 0.475 e. The van der Waals surface area contributed by atoms with Gasteiger partial charge in [0.25, 0.3) is 0 Å². The molecule has 0 saturated carbocycles. The number of para-hydroxylation sites is 1. The van der Waals surface area contributed by atoms with E-state index in [1.165, 1.54) is 0 Å². The molecule has 0 amide bonds. The molecule has 5 rings (SSSR count). The average molecular weight is 482 g/mol. The van der Waals surface area contributed by atoms with Crippen LogP contribution in [0.3, 0.4) is 0 Å². The highest BCUT2D eigenvalue weighted by Crippen LogP contribution is 2.26. The number of halogens is 3. The second-order valence-electron chi connectivity index (χ2n) is 7.12. The van der Waals surface area contributed by atoms with E-state index in [-0.39, 0.29) is 0 Å². The van der Waals surface area contributed by atoms with Gasteiger partial charge in [-0.15, -0.1) is 0 Å². The summed E-state index contributed by atoms with van der Waals surface area (Å²) in [7, 11) is 0. The second-order valence-corrected chi connectivity index (χ2v) is 7.12. The highest BCUT2D eigenvalue weighted by Gasteiger charge is 2.38. The summed E-state index contributed by atoms with van der Waals surface area (Å²) < 4.78 is 33.5. The molecule has 3 aromatic heterocycles. The molecule has 3 N–H and O–H groups in total. The Hall–Kier alpha value is -4.81. The summed E-state index contributed by atoms with van der Waals surface area (Å²) in [6.45, 7) is 1.86. The third kappa shape index (κ3) is 5.58. The van der Waals surface area contributed by atoms with Crippen molar-refractivity contribution in [2.75, 3.05) is 5.32 Å². The van der Waals surface area contributed by atoms with E-state index in [0.29, 0.717) is 5.95 Å². The molecule has 0 fully saturated rings. The van der Waals surface area contributed by atoms with Gasteiger partial charge in [0.05, 0.1) is 16.9 Å². The van der Waals surface area contributed by atoms with Crippen molar-refractivity contribution < 1.29 is 23.1 Å². The normalized spacial score (nSPS) is 11.1. The molecule has 10 nitrogen and oxygen atoms in total. The van der Waals surface area contributed by atoms with Crippen molar-refractivity contribution in [3.8, 4) is 16.9 Å². The molecule has 3 heterocycles. The Morgan fingerprint density at radius 2 is 1.83 bits per heavy atom. The Morgan fingerprint density at radius 1 is 1.09 bits per heavy atom. The number of carboxylic acids is 1. The number of nitrogens with one attached hydrogen (secondary N) is 2. The van der Waals surface area contributed by atoms with Crippen molar-refractivity contribution in [2.24, 2.45) is 0 Å². The van der Waals surface area contributed by atoms with Crippen molar-refractivity contribution >= 4 is 28.5 Å². The fraction of sp³-hybridized carbons (Fsp3) is 0.0909. The first-order valence-electron chi connectivity index (χ1n) is 10.0. The summed E-state index contributed by atoms with van der Waals surface area (Å²) in [5.74, 6) is -1.49. The van der Waals surface area contributed by atoms with Crippen LogP contribution in [0, 0.1) is 6.92 Å². The lowest BCUT2D eigenvalue weighted by Gasteiger charge is -2.09. The number of nitrogens with zero attached hydrogens (tertiary/aromatic N) is 6. The van der Waals surface area contributed by atoms with E-state index in [1.807, 2.05) is 61.7 Å². The zero-order valence-electron chi connectivity index (χ0n) is 18.0. The number of aliphatic carboxylic acids is 1. The first kappa shape index (κ1) is 23.4. The summed E-state index contributed by atoms with van der Waals surface area (Å²) in [6.07, 6.45) is 0.158. The van der Waals surface area contributed by atoms with E-state index in [1.54, 1.807) is 17.2 Å². The Kier molecular flexibility index (Phi) is 6.40. The van der Waals surface area contributed by atoms with Gasteiger partial charge in [-0.25, -0.2) is 24.4 Å². The van der Waals surface area contributed by atoms with Crippen LogP contribution >= 0.6 is 0 Å². The minimum atomic E-state index is -5.08. The van der Waals surface area contributed by atoms with E-state index in [0.717, 1.165) is 39.4 Å².